The van der Waals surface area contributed by atoms with E-state index in [4.69, 9.17) is 0 Å². The molecular formula is C9H5BrN4S. The molecule has 0 saturated heterocycles. The molecule has 3 aromatic rings. The second kappa shape index (κ2) is 3.39. The lowest BCUT2D eigenvalue weighted by atomic mass is 10.4. The number of halogens is 1. The van der Waals surface area contributed by atoms with Crippen LogP contribution in [-0.2, 0) is 0 Å². The Kier molecular flexibility index (Phi) is 2.03. The molecule has 0 aliphatic carbocycles. The van der Waals surface area contributed by atoms with Gasteiger partial charge in [0, 0.05) is 0 Å². The van der Waals surface area contributed by atoms with Gasteiger partial charge in [-0.1, -0.05) is 0 Å². The summed E-state index contributed by atoms with van der Waals surface area (Å²) in [6.45, 7) is 0. The average molecular weight is 281 g/mol. The molecular weight excluding hydrogens is 276 g/mol. The van der Waals surface area contributed by atoms with Crippen molar-refractivity contribution in [2.45, 2.75) is 0 Å². The van der Waals surface area contributed by atoms with Crippen LogP contribution in [0.3, 0.4) is 0 Å². The highest BCUT2D eigenvalue weighted by Crippen LogP contribution is 2.30. The Morgan fingerprint density at radius 1 is 1.33 bits per heavy atom. The van der Waals surface area contributed by atoms with Crippen molar-refractivity contribution in [3.63, 3.8) is 0 Å². The summed E-state index contributed by atoms with van der Waals surface area (Å²) in [5.74, 6) is 0.834. The standard InChI is InChI=1S/C9H5BrN4S/c10-7-2-1-6(15-7)9-13-5-3-11-4-12-8(5)14-9/h1-4H,(H,11,12,13,14). The minimum absolute atomic E-state index is 0.699. The highest BCUT2D eigenvalue weighted by Gasteiger charge is 2.07. The van der Waals surface area contributed by atoms with Crippen molar-refractivity contribution < 1.29 is 0 Å². The molecule has 0 atom stereocenters. The molecule has 0 aliphatic rings. The van der Waals surface area contributed by atoms with E-state index < -0.39 is 0 Å². The van der Waals surface area contributed by atoms with E-state index in [1.807, 2.05) is 12.1 Å². The van der Waals surface area contributed by atoms with E-state index in [0.717, 1.165) is 20.0 Å². The first kappa shape index (κ1) is 8.99. The first-order chi connectivity index (χ1) is 7.33. The van der Waals surface area contributed by atoms with Crippen LogP contribution in [0.15, 0.2) is 28.4 Å². The summed E-state index contributed by atoms with van der Waals surface area (Å²) in [5, 5.41) is 0. The molecule has 3 heterocycles. The maximum absolute atomic E-state index is 4.38. The molecule has 6 heteroatoms. The van der Waals surface area contributed by atoms with E-state index in [-0.39, 0.29) is 0 Å². The average Bonchev–Trinajstić information content (AvgIpc) is 2.82. The van der Waals surface area contributed by atoms with Crippen LogP contribution in [0.2, 0.25) is 0 Å². The predicted octanol–water partition coefficient (Wildman–Crippen LogP) is 2.84. The van der Waals surface area contributed by atoms with Crippen LogP contribution in [0.25, 0.3) is 21.9 Å². The van der Waals surface area contributed by atoms with Crippen molar-refractivity contribution in [2.24, 2.45) is 0 Å². The molecule has 15 heavy (non-hydrogen) atoms. The molecule has 0 unspecified atom stereocenters. The summed E-state index contributed by atoms with van der Waals surface area (Å²) in [6, 6.07) is 4.01. The van der Waals surface area contributed by atoms with Crippen molar-refractivity contribution in [1.29, 1.82) is 0 Å². The lowest BCUT2D eigenvalue weighted by molar-refractivity contribution is 1.20. The Balaban J connectivity index is 2.19. The minimum Gasteiger partial charge on any atom is -0.335 e. The summed E-state index contributed by atoms with van der Waals surface area (Å²) < 4.78 is 1.09. The van der Waals surface area contributed by atoms with Gasteiger partial charge in [0.2, 0.25) is 0 Å². The van der Waals surface area contributed by atoms with Crippen molar-refractivity contribution >= 4 is 38.4 Å². The second-order valence-electron chi connectivity index (χ2n) is 2.95. The molecule has 0 fully saturated rings. The number of hydrogen-bond donors (Lipinski definition) is 1. The van der Waals surface area contributed by atoms with E-state index in [0.29, 0.717) is 5.65 Å². The lowest BCUT2D eigenvalue weighted by Crippen LogP contribution is -1.76. The number of H-pyrrole nitrogens is 1. The van der Waals surface area contributed by atoms with Crippen LogP contribution in [0, 0.1) is 0 Å². The lowest BCUT2D eigenvalue weighted by Gasteiger charge is -1.86. The molecule has 0 amide bonds. The smallest absolute Gasteiger partial charge is 0.181 e. The maximum Gasteiger partial charge on any atom is 0.181 e. The molecule has 1 N–H and O–H groups in total. The molecule has 4 nitrogen and oxygen atoms in total. The molecule has 0 radical (unpaired) electrons. The topological polar surface area (TPSA) is 54.5 Å². The van der Waals surface area contributed by atoms with Gasteiger partial charge in [0.05, 0.1) is 14.9 Å². The molecule has 3 rings (SSSR count). The number of aromatic nitrogens is 4. The van der Waals surface area contributed by atoms with E-state index >= 15 is 0 Å². The quantitative estimate of drug-likeness (QED) is 0.746. The number of imidazole rings is 1. The summed E-state index contributed by atoms with van der Waals surface area (Å²) in [5.41, 5.74) is 1.56. The summed E-state index contributed by atoms with van der Waals surface area (Å²) in [6.07, 6.45) is 3.22. The van der Waals surface area contributed by atoms with Gasteiger partial charge < -0.3 is 4.98 Å². The molecule has 0 bridgehead atoms. The minimum atomic E-state index is 0.699. The van der Waals surface area contributed by atoms with E-state index in [2.05, 4.69) is 35.9 Å². The van der Waals surface area contributed by atoms with Crippen molar-refractivity contribution in [1.82, 2.24) is 19.9 Å². The van der Waals surface area contributed by atoms with Crippen LogP contribution in [0.1, 0.15) is 0 Å². The van der Waals surface area contributed by atoms with Crippen LogP contribution < -0.4 is 0 Å². The Hall–Kier alpha value is -1.27. The van der Waals surface area contributed by atoms with Crippen molar-refractivity contribution in [3.05, 3.63) is 28.4 Å². The third kappa shape index (κ3) is 1.55. The Morgan fingerprint density at radius 2 is 2.27 bits per heavy atom. The molecule has 0 spiro atoms. The largest absolute Gasteiger partial charge is 0.335 e. The number of nitrogens with one attached hydrogen (secondary N) is 1. The number of thiophene rings is 1. The van der Waals surface area contributed by atoms with Crippen molar-refractivity contribution in [2.75, 3.05) is 0 Å². The monoisotopic (exact) mass is 280 g/mol. The zero-order chi connectivity index (χ0) is 10.3. The Morgan fingerprint density at radius 3 is 3.00 bits per heavy atom. The van der Waals surface area contributed by atoms with Gasteiger partial charge in [0.15, 0.2) is 11.5 Å². The zero-order valence-electron chi connectivity index (χ0n) is 7.44. The molecule has 0 saturated carbocycles. The van der Waals surface area contributed by atoms with Gasteiger partial charge in [-0.05, 0) is 28.1 Å². The number of fused-ring (bicyclic) bond motifs is 1. The normalized spacial score (nSPS) is 11.0. The predicted molar refractivity (Wildman–Crippen MR) is 62.7 cm³/mol. The Bertz CT molecular complexity index is 582. The van der Waals surface area contributed by atoms with Crippen LogP contribution in [0.5, 0.6) is 0 Å². The number of hydrogen-bond acceptors (Lipinski definition) is 4. The summed E-state index contributed by atoms with van der Waals surface area (Å²) >= 11 is 5.05. The van der Waals surface area contributed by atoms with Gasteiger partial charge in [-0.15, -0.1) is 11.3 Å². The fourth-order valence-electron chi connectivity index (χ4n) is 1.32. The molecule has 0 aromatic carbocycles. The fraction of sp³-hybridized carbons (Fsp3) is 0. The van der Waals surface area contributed by atoms with Gasteiger partial charge in [0.25, 0.3) is 0 Å². The third-order valence-corrected chi connectivity index (χ3v) is 3.60. The van der Waals surface area contributed by atoms with Gasteiger partial charge >= 0.3 is 0 Å². The van der Waals surface area contributed by atoms with Crippen LogP contribution in [0.4, 0.5) is 0 Å². The highest BCUT2D eigenvalue weighted by atomic mass is 79.9. The first-order valence-corrected chi connectivity index (χ1v) is 5.85. The summed E-state index contributed by atoms with van der Waals surface area (Å²) in [4.78, 5) is 16.7. The van der Waals surface area contributed by atoms with Crippen molar-refractivity contribution in [3.8, 4) is 10.7 Å². The van der Waals surface area contributed by atoms with Gasteiger partial charge in [-0.2, -0.15) is 0 Å². The number of rotatable bonds is 1. The molecule has 74 valence electrons. The second-order valence-corrected chi connectivity index (χ2v) is 5.41. The third-order valence-electron chi connectivity index (χ3n) is 1.97. The fourth-order valence-corrected chi connectivity index (χ4v) is 2.65. The summed E-state index contributed by atoms with van der Waals surface area (Å²) in [7, 11) is 0. The Labute approximate surface area is 97.5 Å². The zero-order valence-corrected chi connectivity index (χ0v) is 9.84. The van der Waals surface area contributed by atoms with Gasteiger partial charge in [-0.25, -0.2) is 15.0 Å². The number of nitrogens with zero attached hydrogens (tertiary/aromatic N) is 3. The van der Waals surface area contributed by atoms with E-state index in [1.54, 1.807) is 17.5 Å². The maximum atomic E-state index is 4.38. The van der Waals surface area contributed by atoms with Crippen LogP contribution in [-0.4, -0.2) is 19.9 Å². The van der Waals surface area contributed by atoms with Gasteiger partial charge in [0.1, 0.15) is 11.8 Å². The number of aromatic amines is 1. The molecule has 0 aliphatic heterocycles. The van der Waals surface area contributed by atoms with Gasteiger partial charge in [-0.3, -0.25) is 0 Å². The van der Waals surface area contributed by atoms with E-state index in [1.165, 1.54) is 6.33 Å². The molecule has 3 aromatic heterocycles. The van der Waals surface area contributed by atoms with E-state index in [9.17, 15) is 0 Å². The SMILES string of the molecule is Brc1ccc(-c2nc3ncncc3[nH]2)s1. The first-order valence-electron chi connectivity index (χ1n) is 4.24. The van der Waals surface area contributed by atoms with Crippen LogP contribution >= 0.6 is 27.3 Å². The highest BCUT2D eigenvalue weighted by molar-refractivity contribution is 9.11.